The van der Waals surface area contributed by atoms with Crippen molar-refractivity contribution in [2.75, 3.05) is 6.61 Å². The molecule has 0 aliphatic carbocycles. The summed E-state index contributed by atoms with van der Waals surface area (Å²) in [5.74, 6) is 1.24. The van der Waals surface area contributed by atoms with Crippen molar-refractivity contribution in [3.8, 4) is 5.75 Å². The van der Waals surface area contributed by atoms with E-state index in [-0.39, 0.29) is 12.5 Å². The van der Waals surface area contributed by atoms with Crippen LogP contribution in [0.15, 0.2) is 48.5 Å². The quantitative estimate of drug-likeness (QED) is 0.746. The number of amides is 1. The highest BCUT2D eigenvalue weighted by Gasteiger charge is 2.10. The number of nitrogens with zero attached hydrogens (tertiary/aromatic N) is 2. The molecule has 3 aromatic rings. The molecule has 0 fully saturated rings. The summed E-state index contributed by atoms with van der Waals surface area (Å²) in [6, 6.07) is 14.8. The number of aromatic nitrogens is 2. The van der Waals surface area contributed by atoms with Crippen molar-refractivity contribution < 1.29 is 9.53 Å². The fraction of sp³-hybridized carbons (Fsp3) is 0.222. The average Bonchev–Trinajstić information content (AvgIpc) is 2.97. The maximum absolute atomic E-state index is 12.0. The van der Waals surface area contributed by atoms with Gasteiger partial charge in [-0.15, -0.1) is 0 Å². The van der Waals surface area contributed by atoms with Crippen LogP contribution in [0.4, 0.5) is 0 Å². The molecule has 0 radical (unpaired) electrons. The van der Waals surface area contributed by atoms with Crippen LogP contribution in [0, 0.1) is 0 Å². The molecule has 0 saturated heterocycles. The highest BCUT2D eigenvalue weighted by Crippen LogP contribution is 2.16. The smallest absolute Gasteiger partial charge is 0.258 e. The van der Waals surface area contributed by atoms with Gasteiger partial charge in [0, 0.05) is 11.6 Å². The fourth-order valence-electron chi connectivity index (χ4n) is 2.52. The SMILES string of the molecule is CCn1c(CNC(=O)COc2ccc(Cl)cc2)nc2ccccc21. The molecule has 1 heterocycles. The number of carbonyl (C=O) groups is 1. The van der Waals surface area contributed by atoms with E-state index in [0.717, 1.165) is 23.4 Å². The lowest BCUT2D eigenvalue weighted by Gasteiger charge is -2.09. The van der Waals surface area contributed by atoms with E-state index in [1.54, 1.807) is 24.3 Å². The van der Waals surface area contributed by atoms with Crippen LogP contribution in [-0.2, 0) is 17.9 Å². The Balaban J connectivity index is 1.59. The van der Waals surface area contributed by atoms with Gasteiger partial charge in [-0.1, -0.05) is 23.7 Å². The summed E-state index contributed by atoms with van der Waals surface area (Å²) in [7, 11) is 0. The van der Waals surface area contributed by atoms with Crippen molar-refractivity contribution in [2.45, 2.75) is 20.0 Å². The number of hydrogen-bond acceptors (Lipinski definition) is 3. The third-order valence-corrected chi connectivity index (χ3v) is 3.93. The van der Waals surface area contributed by atoms with E-state index in [0.29, 0.717) is 17.3 Å². The molecule has 0 aliphatic heterocycles. The lowest BCUT2D eigenvalue weighted by Crippen LogP contribution is -2.29. The largest absolute Gasteiger partial charge is 0.484 e. The monoisotopic (exact) mass is 343 g/mol. The number of aryl methyl sites for hydroxylation is 1. The summed E-state index contributed by atoms with van der Waals surface area (Å²) >= 11 is 5.81. The van der Waals surface area contributed by atoms with E-state index in [4.69, 9.17) is 16.3 Å². The maximum Gasteiger partial charge on any atom is 0.258 e. The minimum Gasteiger partial charge on any atom is -0.484 e. The zero-order valence-electron chi connectivity index (χ0n) is 13.3. The summed E-state index contributed by atoms with van der Waals surface area (Å²) in [6.07, 6.45) is 0. The van der Waals surface area contributed by atoms with E-state index in [1.165, 1.54) is 0 Å². The van der Waals surface area contributed by atoms with Crippen molar-refractivity contribution in [1.82, 2.24) is 14.9 Å². The third-order valence-electron chi connectivity index (χ3n) is 3.68. The topological polar surface area (TPSA) is 56.2 Å². The number of benzene rings is 2. The Kier molecular flexibility index (Phi) is 5.01. The minimum absolute atomic E-state index is 0.0476. The second-order valence-corrected chi connectivity index (χ2v) is 5.72. The Bertz CT molecular complexity index is 843. The number of nitrogens with one attached hydrogen (secondary N) is 1. The molecule has 0 unspecified atom stereocenters. The number of halogens is 1. The predicted molar refractivity (Wildman–Crippen MR) is 94.2 cm³/mol. The molecule has 1 N–H and O–H groups in total. The fourth-order valence-corrected chi connectivity index (χ4v) is 2.65. The third kappa shape index (κ3) is 3.68. The minimum atomic E-state index is -0.195. The maximum atomic E-state index is 12.0. The van der Waals surface area contributed by atoms with Gasteiger partial charge < -0.3 is 14.6 Å². The van der Waals surface area contributed by atoms with Crippen LogP contribution in [-0.4, -0.2) is 22.1 Å². The van der Waals surface area contributed by atoms with Gasteiger partial charge in [-0.05, 0) is 43.3 Å². The highest BCUT2D eigenvalue weighted by molar-refractivity contribution is 6.30. The van der Waals surface area contributed by atoms with E-state index in [9.17, 15) is 4.79 Å². The Hall–Kier alpha value is -2.53. The van der Waals surface area contributed by atoms with Gasteiger partial charge in [0.2, 0.25) is 0 Å². The van der Waals surface area contributed by atoms with Crippen LogP contribution in [0.25, 0.3) is 11.0 Å². The van der Waals surface area contributed by atoms with Gasteiger partial charge in [0.05, 0.1) is 17.6 Å². The van der Waals surface area contributed by atoms with Crippen LogP contribution >= 0.6 is 11.6 Å². The molecule has 0 aliphatic rings. The van der Waals surface area contributed by atoms with Gasteiger partial charge in [-0.25, -0.2) is 4.98 Å². The molecule has 0 atom stereocenters. The number of rotatable bonds is 6. The molecular formula is C18H18ClN3O2. The number of fused-ring (bicyclic) bond motifs is 1. The van der Waals surface area contributed by atoms with E-state index in [1.807, 2.05) is 24.3 Å². The molecule has 1 aromatic heterocycles. The van der Waals surface area contributed by atoms with Crippen molar-refractivity contribution in [3.05, 3.63) is 59.4 Å². The van der Waals surface area contributed by atoms with Crippen LogP contribution in [0.1, 0.15) is 12.7 Å². The molecule has 0 bridgehead atoms. The first kappa shape index (κ1) is 16.3. The molecule has 24 heavy (non-hydrogen) atoms. The van der Waals surface area contributed by atoms with E-state index in [2.05, 4.69) is 21.8 Å². The summed E-state index contributed by atoms with van der Waals surface area (Å²) in [5, 5.41) is 3.47. The molecule has 124 valence electrons. The normalized spacial score (nSPS) is 10.8. The molecule has 3 rings (SSSR count). The van der Waals surface area contributed by atoms with Crippen LogP contribution < -0.4 is 10.1 Å². The molecular weight excluding hydrogens is 326 g/mol. The summed E-state index contributed by atoms with van der Waals surface area (Å²) in [6.45, 7) is 3.18. The van der Waals surface area contributed by atoms with Gasteiger partial charge in [-0.2, -0.15) is 0 Å². The zero-order chi connectivity index (χ0) is 16.9. The first-order valence-corrected chi connectivity index (χ1v) is 8.14. The summed E-state index contributed by atoms with van der Waals surface area (Å²) in [5.41, 5.74) is 2.00. The van der Waals surface area contributed by atoms with Crippen LogP contribution in [0.2, 0.25) is 5.02 Å². The van der Waals surface area contributed by atoms with Crippen molar-refractivity contribution in [1.29, 1.82) is 0 Å². The molecule has 6 heteroatoms. The second-order valence-electron chi connectivity index (χ2n) is 5.28. The first-order valence-electron chi connectivity index (χ1n) is 7.76. The van der Waals surface area contributed by atoms with Crippen LogP contribution in [0.3, 0.4) is 0 Å². The second kappa shape index (κ2) is 7.36. The van der Waals surface area contributed by atoms with Gasteiger partial charge in [-0.3, -0.25) is 4.79 Å². The zero-order valence-corrected chi connectivity index (χ0v) is 14.1. The number of carbonyl (C=O) groups excluding carboxylic acids is 1. The van der Waals surface area contributed by atoms with Gasteiger partial charge >= 0.3 is 0 Å². The number of imidazole rings is 1. The molecule has 1 amide bonds. The lowest BCUT2D eigenvalue weighted by atomic mass is 10.3. The molecule has 0 saturated carbocycles. The Morgan fingerprint density at radius 1 is 1.21 bits per heavy atom. The number of ether oxygens (including phenoxy) is 1. The Morgan fingerprint density at radius 3 is 2.71 bits per heavy atom. The van der Waals surface area contributed by atoms with Gasteiger partial charge in [0.15, 0.2) is 6.61 Å². The standard InChI is InChI=1S/C18H18ClN3O2/c1-2-22-16-6-4-3-5-15(16)21-17(22)11-20-18(23)12-24-14-9-7-13(19)8-10-14/h3-10H,2,11-12H2,1H3,(H,20,23). The molecule has 5 nitrogen and oxygen atoms in total. The highest BCUT2D eigenvalue weighted by atomic mass is 35.5. The molecule has 0 spiro atoms. The molecule has 2 aromatic carbocycles. The predicted octanol–water partition coefficient (Wildman–Crippen LogP) is 3.40. The van der Waals surface area contributed by atoms with E-state index < -0.39 is 0 Å². The van der Waals surface area contributed by atoms with E-state index >= 15 is 0 Å². The Labute approximate surface area is 145 Å². The summed E-state index contributed by atoms with van der Waals surface area (Å²) in [4.78, 5) is 16.5. The Morgan fingerprint density at radius 2 is 1.96 bits per heavy atom. The van der Waals surface area contributed by atoms with Crippen molar-refractivity contribution in [2.24, 2.45) is 0 Å². The number of hydrogen-bond donors (Lipinski definition) is 1. The van der Waals surface area contributed by atoms with Gasteiger partial charge in [0.1, 0.15) is 11.6 Å². The summed E-state index contributed by atoms with van der Waals surface area (Å²) < 4.78 is 7.52. The van der Waals surface area contributed by atoms with Crippen molar-refractivity contribution in [3.63, 3.8) is 0 Å². The van der Waals surface area contributed by atoms with Crippen molar-refractivity contribution >= 4 is 28.5 Å². The lowest BCUT2D eigenvalue weighted by molar-refractivity contribution is -0.123. The first-order chi connectivity index (χ1) is 11.7. The number of para-hydroxylation sites is 2. The van der Waals surface area contributed by atoms with Gasteiger partial charge in [0.25, 0.3) is 5.91 Å². The van der Waals surface area contributed by atoms with Crippen LogP contribution in [0.5, 0.6) is 5.75 Å². The average molecular weight is 344 g/mol.